The summed E-state index contributed by atoms with van der Waals surface area (Å²) in [6.45, 7) is 0.540. The van der Waals surface area contributed by atoms with Gasteiger partial charge in [0, 0.05) is 22.2 Å². The molecule has 4 rings (SSSR count). The summed E-state index contributed by atoms with van der Waals surface area (Å²) in [6, 6.07) is 11.5. The fourth-order valence-corrected chi connectivity index (χ4v) is 5.43. The number of halogens is 1. The Balaban J connectivity index is 1.37. The molecule has 1 fully saturated rings. The van der Waals surface area contributed by atoms with E-state index in [1.165, 1.54) is 16.2 Å². The third kappa shape index (κ3) is 4.68. The zero-order valence-corrected chi connectivity index (χ0v) is 17.2. The molecule has 0 aliphatic carbocycles. The van der Waals surface area contributed by atoms with Crippen molar-refractivity contribution in [2.24, 2.45) is 5.92 Å². The molecule has 27 heavy (non-hydrogen) atoms. The standard InChI is InChI=1S/C17H16ClN5OS3/c18-11-5-3-10(4-6-11)14-13(8-19-21-14)15(24)20-16-22-23-17(27-16)26-9-12-2-1-7-25-12/h1-7,13-14,19,21H,8-9H2,(H,20,22,24). The van der Waals surface area contributed by atoms with E-state index in [4.69, 9.17) is 11.6 Å². The molecule has 0 bridgehead atoms. The number of nitrogens with one attached hydrogen (secondary N) is 3. The van der Waals surface area contributed by atoms with Crippen molar-refractivity contribution >= 4 is 57.1 Å². The van der Waals surface area contributed by atoms with Crippen LogP contribution in [0.25, 0.3) is 0 Å². The second-order valence-electron chi connectivity index (χ2n) is 5.89. The van der Waals surface area contributed by atoms with Crippen molar-refractivity contribution in [3.63, 3.8) is 0 Å². The van der Waals surface area contributed by atoms with Crippen molar-refractivity contribution in [1.82, 2.24) is 21.0 Å². The summed E-state index contributed by atoms with van der Waals surface area (Å²) >= 11 is 10.7. The molecule has 2 unspecified atom stereocenters. The molecule has 2 atom stereocenters. The lowest BCUT2D eigenvalue weighted by molar-refractivity contribution is -0.119. The maximum Gasteiger partial charge on any atom is 0.232 e. The Morgan fingerprint density at radius 3 is 2.93 bits per heavy atom. The van der Waals surface area contributed by atoms with Crippen LogP contribution in [0.4, 0.5) is 5.13 Å². The Labute approximate surface area is 173 Å². The predicted octanol–water partition coefficient (Wildman–Crippen LogP) is 3.95. The summed E-state index contributed by atoms with van der Waals surface area (Å²) in [4.78, 5) is 14.0. The van der Waals surface area contributed by atoms with E-state index in [1.54, 1.807) is 23.1 Å². The Bertz CT molecular complexity index is 900. The molecule has 1 amide bonds. The highest BCUT2D eigenvalue weighted by Crippen LogP contribution is 2.31. The number of amides is 1. The van der Waals surface area contributed by atoms with Crippen molar-refractivity contribution in [3.8, 4) is 0 Å². The van der Waals surface area contributed by atoms with Crippen LogP contribution >= 0.6 is 46.0 Å². The minimum absolute atomic E-state index is 0.0848. The molecule has 1 aliphatic heterocycles. The van der Waals surface area contributed by atoms with Crippen LogP contribution in [0, 0.1) is 5.92 Å². The van der Waals surface area contributed by atoms with Crippen molar-refractivity contribution in [2.45, 2.75) is 16.1 Å². The first-order valence-electron chi connectivity index (χ1n) is 8.22. The van der Waals surface area contributed by atoms with Crippen LogP contribution in [0.15, 0.2) is 46.1 Å². The van der Waals surface area contributed by atoms with E-state index in [1.807, 2.05) is 30.3 Å². The van der Waals surface area contributed by atoms with E-state index in [-0.39, 0.29) is 17.9 Å². The number of hydrogen-bond acceptors (Lipinski definition) is 8. The lowest BCUT2D eigenvalue weighted by atomic mass is 9.94. The number of carbonyl (C=O) groups excluding carboxylic acids is 1. The van der Waals surface area contributed by atoms with Gasteiger partial charge in [0.25, 0.3) is 0 Å². The first-order valence-corrected chi connectivity index (χ1v) is 11.3. The molecule has 10 heteroatoms. The van der Waals surface area contributed by atoms with E-state index in [9.17, 15) is 4.79 Å². The molecule has 6 nitrogen and oxygen atoms in total. The molecule has 0 saturated carbocycles. The number of carbonyl (C=O) groups is 1. The third-order valence-corrected chi connectivity index (χ3v) is 7.43. The van der Waals surface area contributed by atoms with E-state index >= 15 is 0 Å². The second-order valence-corrected chi connectivity index (χ2v) is 9.56. The number of rotatable bonds is 6. The van der Waals surface area contributed by atoms with Gasteiger partial charge in [-0.05, 0) is 29.1 Å². The molecule has 0 radical (unpaired) electrons. The highest BCUT2D eigenvalue weighted by molar-refractivity contribution is 8.00. The van der Waals surface area contributed by atoms with Gasteiger partial charge in [0.05, 0.1) is 12.0 Å². The van der Waals surface area contributed by atoms with E-state index in [0.29, 0.717) is 16.7 Å². The molecule has 2 aromatic heterocycles. The smallest absolute Gasteiger partial charge is 0.232 e. The number of aromatic nitrogens is 2. The maximum atomic E-state index is 12.7. The lowest BCUT2D eigenvalue weighted by Gasteiger charge is -2.17. The Morgan fingerprint density at radius 2 is 2.15 bits per heavy atom. The SMILES string of the molecule is O=C(Nc1nnc(SCc2cccs2)s1)C1CNNC1c1ccc(Cl)cc1. The number of hydrogen-bond donors (Lipinski definition) is 3. The van der Waals surface area contributed by atoms with Crippen LogP contribution in [0.3, 0.4) is 0 Å². The number of hydrazine groups is 1. The van der Waals surface area contributed by atoms with Crippen LogP contribution < -0.4 is 16.2 Å². The van der Waals surface area contributed by atoms with Gasteiger partial charge in [0.15, 0.2) is 4.34 Å². The van der Waals surface area contributed by atoms with Gasteiger partial charge < -0.3 is 5.32 Å². The fraction of sp³-hybridized carbons (Fsp3) is 0.235. The summed E-state index contributed by atoms with van der Waals surface area (Å²) in [5.41, 5.74) is 7.23. The molecular formula is C17H16ClN5OS3. The summed E-state index contributed by atoms with van der Waals surface area (Å²) in [7, 11) is 0. The molecule has 1 aliphatic rings. The Morgan fingerprint density at radius 1 is 1.30 bits per heavy atom. The van der Waals surface area contributed by atoms with Crippen LogP contribution in [0.5, 0.6) is 0 Å². The van der Waals surface area contributed by atoms with Crippen molar-refractivity contribution in [2.75, 3.05) is 11.9 Å². The molecular weight excluding hydrogens is 422 g/mol. The zero-order chi connectivity index (χ0) is 18.6. The Hall–Kier alpha value is -1.49. The van der Waals surface area contributed by atoms with Gasteiger partial charge in [-0.3, -0.25) is 10.2 Å². The highest BCUT2D eigenvalue weighted by Gasteiger charge is 2.34. The van der Waals surface area contributed by atoms with E-state index in [2.05, 4.69) is 37.8 Å². The molecule has 1 aromatic carbocycles. The fourth-order valence-electron chi connectivity index (χ4n) is 2.77. The molecule has 3 N–H and O–H groups in total. The van der Waals surface area contributed by atoms with Crippen LogP contribution in [-0.4, -0.2) is 22.6 Å². The van der Waals surface area contributed by atoms with Crippen LogP contribution in [-0.2, 0) is 10.5 Å². The molecule has 0 spiro atoms. The Kier molecular flexibility index (Phi) is 6.06. The summed E-state index contributed by atoms with van der Waals surface area (Å²) in [5.74, 6) is 0.519. The van der Waals surface area contributed by atoms with Gasteiger partial charge in [0.1, 0.15) is 0 Å². The largest absolute Gasteiger partial charge is 0.300 e. The number of nitrogens with zero attached hydrogens (tertiary/aromatic N) is 2. The predicted molar refractivity (Wildman–Crippen MR) is 111 cm³/mol. The average Bonchev–Trinajstić information content (AvgIpc) is 3.42. The molecule has 3 heterocycles. The van der Waals surface area contributed by atoms with Crippen molar-refractivity contribution in [3.05, 3.63) is 57.2 Å². The maximum absolute atomic E-state index is 12.7. The van der Waals surface area contributed by atoms with Gasteiger partial charge >= 0.3 is 0 Å². The third-order valence-electron chi connectivity index (χ3n) is 4.10. The monoisotopic (exact) mass is 437 g/mol. The van der Waals surface area contributed by atoms with Gasteiger partial charge in [-0.2, -0.15) is 0 Å². The topological polar surface area (TPSA) is 78.9 Å². The highest BCUT2D eigenvalue weighted by atomic mass is 35.5. The first-order chi connectivity index (χ1) is 13.2. The number of anilines is 1. The average molecular weight is 438 g/mol. The van der Waals surface area contributed by atoms with E-state index < -0.39 is 0 Å². The second kappa shape index (κ2) is 8.68. The van der Waals surface area contributed by atoms with Gasteiger partial charge in [-0.15, -0.1) is 21.5 Å². The van der Waals surface area contributed by atoms with Crippen LogP contribution in [0.1, 0.15) is 16.5 Å². The summed E-state index contributed by atoms with van der Waals surface area (Å²) in [6.07, 6.45) is 0. The zero-order valence-electron chi connectivity index (χ0n) is 14.0. The van der Waals surface area contributed by atoms with Crippen molar-refractivity contribution in [1.29, 1.82) is 0 Å². The molecule has 140 valence electrons. The number of benzene rings is 1. The minimum Gasteiger partial charge on any atom is -0.300 e. The molecule has 3 aromatic rings. The summed E-state index contributed by atoms with van der Waals surface area (Å²) in [5, 5.41) is 14.4. The van der Waals surface area contributed by atoms with Gasteiger partial charge in [-0.1, -0.05) is 52.9 Å². The van der Waals surface area contributed by atoms with E-state index in [0.717, 1.165) is 15.7 Å². The normalized spacial score (nSPS) is 19.3. The lowest BCUT2D eigenvalue weighted by Crippen LogP contribution is -2.29. The number of thiophene rings is 1. The minimum atomic E-state index is -0.253. The van der Waals surface area contributed by atoms with Crippen LogP contribution in [0.2, 0.25) is 5.02 Å². The van der Waals surface area contributed by atoms with Gasteiger partial charge in [-0.25, -0.2) is 5.43 Å². The van der Waals surface area contributed by atoms with Gasteiger partial charge in [0.2, 0.25) is 11.0 Å². The first kappa shape index (κ1) is 18.9. The summed E-state index contributed by atoms with van der Waals surface area (Å²) < 4.78 is 0.843. The quantitative estimate of drug-likeness (QED) is 0.400. The molecule has 1 saturated heterocycles. The van der Waals surface area contributed by atoms with Crippen molar-refractivity contribution < 1.29 is 4.79 Å². The number of thioether (sulfide) groups is 1.